The molecule has 0 aromatic heterocycles. The van der Waals surface area contributed by atoms with E-state index in [1.165, 1.54) is 0 Å². The van der Waals surface area contributed by atoms with E-state index in [0.717, 1.165) is 30.4 Å². The van der Waals surface area contributed by atoms with Gasteiger partial charge in [-0.15, -0.1) is 0 Å². The molecule has 0 spiro atoms. The predicted octanol–water partition coefficient (Wildman–Crippen LogP) is 1.27. The quantitative estimate of drug-likeness (QED) is 0.235. The zero-order chi connectivity index (χ0) is 25.4. The lowest BCUT2D eigenvalue weighted by molar-refractivity contribution is -0.313. The SMILES string of the molecule is C=C1C(O[C@@H]2O[C@H](CO)[C@@H](O)[C@H](O)[C@@H]2O)CC2C(C)(C)C(O)CCC2(C)C1CC/C(C)=C\CO. The minimum atomic E-state index is -1.51. The fourth-order valence-corrected chi connectivity index (χ4v) is 6.71. The number of ether oxygens (including phenoxy) is 2. The number of allylic oxidation sites excluding steroid dienone is 1. The van der Waals surface area contributed by atoms with Crippen LogP contribution in [0, 0.1) is 22.7 Å². The van der Waals surface area contributed by atoms with Gasteiger partial charge in [-0.25, -0.2) is 0 Å². The summed E-state index contributed by atoms with van der Waals surface area (Å²) in [5, 5.41) is 60.5. The summed E-state index contributed by atoms with van der Waals surface area (Å²) in [6.07, 6.45) is -2.05. The smallest absolute Gasteiger partial charge is 0.187 e. The zero-order valence-electron chi connectivity index (χ0n) is 20.9. The molecule has 1 saturated heterocycles. The van der Waals surface area contributed by atoms with Gasteiger partial charge in [-0.3, -0.25) is 0 Å². The second-order valence-electron chi connectivity index (χ2n) is 11.4. The lowest BCUT2D eigenvalue weighted by atomic mass is 9.46. The van der Waals surface area contributed by atoms with Crippen LogP contribution in [0.4, 0.5) is 0 Å². The number of fused-ring (bicyclic) bond motifs is 1. The molecule has 34 heavy (non-hydrogen) atoms. The fraction of sp³-hybridized carbons (Fsp3) is 0.846. The van der Waals surface area contributed by atoms with Gasteiger partial charge in [-0.05, 0) is 67.3 Å². The van der Waals surface area contributed by atoms with Crippen molar-refractivity contribution >= 4 is 0 Å². The zero-order valence-corrected chi connectivity index (χ0v) is 20.9. The van der Waals surface area contributed by atoms with E-state index in [9.17, 15) is 30.6 Å². The van der Waals surface area contributed by atoms with E-state index in [4.69, 9.17) is 9.47 Å². The first-order valence-electron chi connectivity index (χ1n) is 12.5. The molecule has 0 aromatic carbocycles. The van der Waals surface area contributed by atoms with Crippen molar-refractivity contribution < 1.29 is 40.1 Å². The van der Waals surface area contributed by atoms with Gasteiger partial charge in [0.25, 0.3) is 0 Å². The van der Waals surface area contributed by atoms with Crippen molar-refractivity contribution in [3.05, 3.63) is 23.8 Å². The van der Waals surface area contributed by atoms with Crippen molar-refractivity contribution in [1.29, 1.82) is 0 Å². The third-order valence-corrected chi connectivity index (χ3v) is 9.03. The van der Waals surface area contributed by atoms with Crippen LogP contribution >= 0.6 is 0 Å². The molecule has 3 rings (SSSR count). The van der Waals surface area contributed by atoms with Crippen LogP contribution in [0.5, 0.6) is 0 Å². The highest BCUT2D eigenvalue weighted by Crippen LogP contribution is 2.62. The van der Waals surface area contributed by atoms with E-state index in [2.05, 4.69) is 27.4 Å². The molecule has 2 aliphatic carbocycles. The maximum Gasteiger partial charge on any atom is 0.187 e. The minimum Gasteiger partial charge on any atom is -0.394 e. The molecular formula is C26H44O8. The Morgan fingerprint density at radius 2 is 1.79 bits per heavy atom. The Hall–Kier alpha value is -0.840. The van der Waals surface area contributed by atoms with Crippen LogP contribution < -0.4 is 0 Å². The highest BCUT2D eigenvalue weighted by atomic mass is 16.7. The second-order valence-corrected chi connectivity index (χ2v) is 11.4. The maximum atomic E-state index is 10.9. The van der Waals surface area contributed by atoms with Crippen LogP contribution in [0.15, 0.2) is 23.8 Å². The lowest BCUT2D eigenvalue weighted by Crippen LogP contribution is -2.61. The fourth-order valence-electron chi connectivity index (χ4n) is 6.71. The molecule has 3 aliphatic rings. The number of aliphatic hydroxyl groups excluding tert-OH is 6. The molecule has 8 heteroatoms. The molecule has 3 fully saturated rings. The van der Waals surface area contributed by atoms with Crippen molar-refractivity contribution in [2.45, 2.75) is 103 Å². The summed E-state index contributed by atoms with van der Waals surface area (Å²) in [6, 6.07) is 0. The molecule has 0 amide bonds. The van der Waals surface area contributed by atoms with Gasteiger partial charge in [0.15, 0.2) is 6.29 Å². The predicted molar refractivity (Wildman–Crippen MR) is 127 cm³/mol. The van der Waals surface area contributed by atoms with E-state index < -0.39 is 49.5 Å². The first-order valence-corrected chi connectivity index (χ1v) is 12.5. The number of hydrogen-bond acceptors (Lipinski definition) is 8. The summed E-state index contributed by atoms with van der Waals surface area (Å²) in [7, 11) is 0. The molecule has 10 atom stereocenters. The molecular weight excluding hydrogens is 440 g/mol. The van der Waals surface area contributed by atoms with Crippen molar-refractivity contribution in [2.24, 2.45) is 22.7 Å². The summed E-state index contributed by atoms with van der Waals surface area (Å²) >= 11 is 0. The van der Waals surface area contributed by atoms with E-state index in [-0.39, 0.29) is 29.3 Å². The van der Waals surface area contributed by atoms with Gasteiger partial charge >= 0.3 is 0 Å². The van der Waals surface area contributed by atoms with Crippen LogP contribution in [0.3, 0.4) is 0 Å². The molecule has 0 aromatic rings. The molecule has 8 nitrogen and oxygen atoms in total. The van der Waals surface area contributed by atoms with Gasteiger partial charge in [-0.2, -0.15) is 0 Å². The molecule has 6 N–H and O–H groups in total. The first-order chi connectivity index (χ1) is 15.9. The van der Waals surface area contributed by atoms with Gasteiger partial charge in [0.2, 0.25) is 0 Å². The van der Waals surface area contributed by atoms with Crippen LogP contribution in [0.2, 0.25) is 0 Å². The van der Waals surface area contributed by atoms with Gasteiger partial charge in [0.1, 0.15) is 24.4 Å². The highest BCUT2D eigenvalue weighted by molar-refractivity contribution is 5.22. The van der Waals surface area contributed by atoms with E-state index >= 15 is 0 Å². The Labute approximate surface area is 202 Å². The second kappa shape index (κ2) is 10.6. The first kappa shape index (κ1) is 27.7. The monoisotopic (exact) mass is 484 g/mol. The average Bonchev–Trinajstić information content (AvgIpc) is 2.78. The third kappa shape index (κ3) is 5.02. The third-order valence-electron chi connectivity index (χ3n) is 9.03. The largest absolute Gasteiger partial charge is 0.394 e. The topological polar surface area (TPSA) is 140 Å². The van der Waals surface area contributed by atoms with Gasteiger partial charge in [-0.1, -0.05) is 39.0 Å². The molecule has 196 valence electrons. The van der Waals surface area contributed by atoms with Crippen LogP contribution in [0.1, 0.15) is 59.8 Å². The van der Waals surface area contributed by atoms with Crippen molar-refractivity contribution in [3.63, 3.8) is 0 Å². The van der Waals surface area contributed by atoms with Gasteiger partial charge in [0.05, 0.1) is 25.4 Å². The van der Waals surface area contributed by atoms with Crippen molar-refractivity contribution in [2.75, 3.05) is 13.2 Å². The standard InChI is InChI=1S/C26H44O8/c1-14(9-11-27)6-7-16-15(2)17(12-19-25(3,4)20(29)8-10-26(16,19)5)33-24-23(32)22(31)21(30)18(13-28)34-24/h9,16-24,27-32H,2,6-8,10-13H2,1,3-5H3/b14-9-/t16?,17?,18-,19?,20?,21-,22+,23+,24-,26?/m1/s1. The summed E-state index contributed by atoms with van der Waals surface area (Å²) in [5.74, 6) is 0.186. The Morgan fingerprint density at radius 1 is 1.12 bits per heavy atom. The molecule has 1 heterocycles. The summed E-state index contributed by atoms with van der Waals surface area (Å²) in [6.45, 7) is 12.3. The van der Waals surface area contributed by atoms with Crippen LogP contribution in [0.25, 0.3) is 0 Å². The molecule has 2 saturated carbocycles. The molecule has 0 bridgehead atoms. The average molecular weight is 485 g/mol. The number of rotatable bonds is 7. The Bertz CT molecular complexity index is 749. The maximum absolute atomic E-state index is 10.9. The molecule has 1 aliphatic heterocycles. The van der Waals surface area contributed by atoms with Crippen molar-refractivity contribution in [3.8, 4) is 0 Å². The Balaban J connectivity index is 1.89. The summed E-state index contributed by atoms with van der Waals surface area (Å²) in [5.41, 5.74) is 1.52. The number of aliphatic hydroxyl groups is 6. The molecule has 0 radical (unpaired) electrons. The normalized spacial score (nSPS) is 45.2. The molecule has 5 unspecified atom stereocenters. The van der Waals surface area contributed by atoms with E-state index in [0.29, 0.717) is 12.8 Å². The minimum absolute atomic E-state index is 0.000588. The van der Waals surface area contributed by atoms with Gasteiger partial charge in [0, 0.05) is 0 Å². The van der Waals surface area contributed by atoms with Crippen molar-refractivity contribution in [1.82, 2.24) is 0 Å². The lowest BCUT2D eigenvalue weighted by Gasteiger charge is -2.61. The Morgan fingerprint density at radius 3 is 2.41 bits per heavy atom. The Kier molecular flexibility index (Phi) is 8.69. The number of hydrogen-bond donors (Lipinski definition) is 6. The summed E-state index contributed by atoms with van der Waals surface area (Å²) in [4.78, 5) is 0. The van der Waals surface area contributed by atoms with E-state index in [1.54, 1.807) is 0 Å². The van der Waals surface area contributed by atoms with Crippen LogP contribution in [-0.4, -0.2) is 86.8 Å². The van der Waals surface area contributed by atoms with Crippen LogP contribution in [-0.2, 0) is 9.47 Å². The van der Waals surface area contributed by atoms with E-state index in [1.807, 2.05) is 13.0 Å². The summed E-state index contributed by atoms with van der Waals surface area (Å²) < 4.78 is 11.8. The van der Waals surface area contributed by atoms with Gasteiger partial charge < -0.3 is 40.1 Å². The highest BCUT2D eigenvalue weighted by Gasteiger charge is 2.58.